The fraction of sp³-hybridized carbons (Fsp3) is 0.448. The van der Waals surface area contributed by atoms with Gasteiger partial charge in [-0.05, 0) is 23.6 Å². The van der Waals surface area contributed by atoms with E-state index in [1.54, 1.807) is 7.11 Å². The first-order chi connectivity index (χ1) is 16.8. The highest BCUT2D eigenvalue weighted by Gasteiger charge is 2.24. The Morgan fingerprint density at radius 3 is 2.29 bits per heavy atom. The minimum Gasteiger partial charge on any atom is -0.496 e. The number of carbonyl (C=O) groups excluding carboxylic acids is 2. The van der Waals surface area contributed by atoms with Crippen LogP contribution in [-0.4, -0.2) is 79.4 Å². The maximum atomic E-state index is 13.1. The summed E-state index contributed by atoms with van der Waals surface area (Å²) < 4.78 is 5.43. The summed E-state index contributed by atoms with van der Waals surface area (Å²) in [6, 6.07) is 17.3. The van der Waals surface area contributed by atoms with E-state index in [9.17, 15) is 9.59 Å². The van der Waals surface area contributed by atoms with Crippen molar-refractivity contribution in [1.29, 1.82) is 0 Å². The van der Waals surface area contributed by atoms with Crippen LogP contribution in [-0.2, 0) is 4.79 Å². The summed E-state index contributed by atoms with van der Waals surface area (Å²) in [5, 5.41) is 0. The summed E-state index contributed by atoms with van der Waals surface area (Å²) in [6.07, 6.45) is 4.56. The number of hydrogen-bond donors (Lipinski definition) is 0. The van der Waals surface area contributed by atoms with E-state index in [1.165, 1.54) is 0 Å². The van der Waals surface area contributed by atoms with E-state index in [1.807, 2.05) is 76.5 Å². The van der Waals surface area contributed by atoms with Gasteiger partial charge in [-0.15, -0.1) is 0 Å². The largest absolute Gasteiger partial charge is 0.496 e. The first-order valence-corrected chi connectivity index (χ1v) is 12.4. The van der Waals surface area contributed by atoms with Crippen LogP contribution in [0.4, 0.5) is 0 Å². The maximum Gasteiger partial charge on any atom is 0.253 e. The number of amides is 2. The molecule has 1 saturated heterocycles. The van der Waals surface area contributed by atoms with Gasteiger partial charge < -0.3 is 14.5 Å². The number of ether oxygens (including phenoxy) is 1. The van der Waals surface area contributed by atoms with Gasteiger partial charge in [-0.3, -0.25) is 14.5 Å². The van der Waals surface area contributed by atoms with Crippen LogP contribution in [0.3, 0.4) is 0 Å². The average Bonchev–Trinajstić information content (AvgIpc) is 2.85. The Balaban J connectivity index is 1.56. The fourth-order valence-electron chi connectivity index (χ4n) is 4.19. The SMILES string of the molecule is COc1ccccc1/C=C/CN(CCN1CCN(C(=O)c2ccccc2)CC1)C(=O)CC(C)(C)C. The Bertz CT molecular complexity index is 990. The standard InChI is InChI=1S/C29H39N3O3/c1-29(2,3)23-27(33)31(16-10-14-24-11-8-9-15-26(24)35-4)20-17-30-18-21-32(22-19-30)28(34)25-12-6-5-7-13-25/h5-15H,16-23H2,1-4H3/b14-10+. The second-order valence-electron chi connectivity index (χ2n) is 10.2. The number of benzene rings is 2. The van der Waals surface area contributed by atoms with Gasteiger partial charge in [0, 0.05) is 63.4 Å². The van der Waals surface area contributed by atoms with Crippen molar-refractivity contribution in [2.24, 2.45) is 5.41 Å². The third-order valence-electron chi connectivity index (χ3n) is 6.16. The molecule has 0 N–H and O–H groups in total. The number of piperazine rings is 1. The zero-order chi connectivity index (χ0) is 25.3. The number of para-hydroxylation sites is 1. The van der Waals surface area contributed by atoms with Gasteiger partial charge in [0.15, 0.2) is 0 Å². The van der Waals surface area contributed by atoms with E-state index in [0.717, 1.165) is 36.5 Å². The molecule has 2 aromatic carbocycles. The number of nitrogens with zero attached hydrogens (tertiary/aromatic N) is 3. The minimum absolute atomic E-state index is 0.0644. The van der Waals surface area contributed by atoms with E-state index in [2.05, 4.69) is 25.7 Å². The van der Waals surface area contributed by atoms with Gasteiger partial charge >= 0.3 is 0 Å². The number of rotatable bonds is 9. The lowest BCUT2D eigenvalue weighted by molar-refractivity contribution is -0.132. The molecule has 0 saturated carbocycles. The zero-order valence-electron chi connectivity index (χ0n) is 21.6. The van der Waals surface area contributed by atoms with Crippen molar-refractivity contribution in [2.45, 2.75) is 27.2 Å². The molecule has 0 radical (unpaired) electrons. The van der Waals surface area contributed by atoms with Gasteiger partial charge in [0.05, 0.1) is 7.11 Å². The number of carbonyl (C=O) groups is 2. The monoisotopic (exact) mass is 477 g/mol. The quantitative estimate of drug-likeness (QED) is 0.536. The Hall–Kier alpha value is -3.12. The summed E-state index contributed by atoms with van der Waals surface area (Å²) in [6.45, 7) is 11.3. The molecule has 6 heteroatoms. The highest BCUT2D eigenvalue weighted by molar-refractivity contribution is 5.94. The van der Waals surface area contributed by atoms with Crippen molar-refractivity contribution < 1.29 is 14.3 Å². The zero-order valence-corrected chi connectivity index (χ0v) is 21.6. The highest BCUT2D eigenvalue weighted by Crippen LogP contribution is 2.21. The van der Waals surface area contributed by atoms with Gasteiger partial charge in [-0.2, -0.15) is 0 Å². The van der Waals surface area contributed by atoms with E-state index in [0.29, 0.717) is 32.6 Å². The molecule has 188 valence electrons. The van der Waals surface area contributed by atoms with Crippen molar-refractivity contribution in [2.75, 3.05) is 52.9 Å². The van der Waals surface area contributed by atoms with Crippen molar-refractivity contribution >= 4 is 17.9 Å². The van der Waals surface area contributed by atoms with Crippen molar-refractivity contribution in [3.05, 3.63) is 71.8 Å². The first kappa shape index (κ1) is 26.5. The molecule has 1 aliphatic rings. The lowest BCUT2D eigenvalue weighted by atomic mass is 9.91. The molecule has 6 nitrogen and oxygen atoms in total. The van der Waals surface area contributed by atoms with Crippen LogP contribution in [0.5, 0.6) is 5.75 Å². The first-order valence-electron chi connectivity index (χ1n) is 12.4. The third kappa shape index (κ3) is 8.25. The van der Waals surface area contributed by atoms with E-state index in [-0.39, 0.29) is 17.2 Å². The van der Waals surface area contributed by atoms with Gasteiger partial charge in [-0.1, -0.05) is 69.3 Å². The van der Waals surface area contributed by atoms with Crippen LogP contribution in [0.25, 0.3) is 6.08 Å². The minimum atomic E-state index is -0.0644. The molecule has 1 aliphatic heterocycles. The molecule has 0 aromatic heterocycles. The molecule has 2 aromatic rings. The molecule has 2 amide bonds. The van der Waals surface area contributed by atoms with Crippen molar-refractivity contribution in [1.82, 2.24) is 14.7 Å². The molecular formula is C29H39N3O3. The second-order valence-corrected chi connectivity index (χ2v) is 10.2. The Morgan fingerprint density at radius 2 is 1.63 bits per heavy atom. The molecule has 0 aliphatic carbocycles. The average molecular weight is 478 g/mol. The van der Waals surface area contributed by atoms with Crippen LogP contribution < -0.4 is 4.74 Å². The summed E-state index contributed by atoms with van der Waals surface area (Å²) in [4.78, 5) is 32.0. The Kier molecular flexibility index (Phi) is 9.49. The normalized spacial score (nSPS) is 14.8. The third-order valence-corrected chi connectivity index (χ3v) is 6.16. The molecule has 3 rings (SSSR count). The fourth-order valence-corrected chi connectivity index (χ4v) is 4.19. The van der Waals surface area contributed by atoms with Gasteiger partial charge in [-0.25, -0.2) is 0 Å². The topological polar surface area (TPSA) is 53.1 Å². The maximum absolute atomic E-state index is 13.1. The molecule has 1 fully saturated rings. The predicted molar refractivity (Wildman–Crippen MR) is 141 cm³/mol. The highest BCUT2D eigenvalue weighted by atomic mass is 16.5. The van der Waals surface area contributed by atoms with Crippen LogP contribution in [0.15, 0.2) is 60.7 Å². The Labute approximate surface area is 210 Å². The molecule has 0 spiro atoms. The lowest BCUT2D eigenvalue weighted by Crippen LogP contribution is -2.50. The van der Waals surface area contributed by atoms with Crippen LogP contribution >= 0.6 is 0 Å². The molecular weight excluding hydrogens is 438 g/mol. The summed E-state index contributed by atoms with van der Waals surface area (Å²) in [5.74, 6) is 1.08. The van der Waals surface area contributed by atoms with Crippen LogP contribution in [0, 0.1) is 5.41 Å². The molecule has 35 heavy (non-hydrogen) atoms. The van der Waals surface area contributed by atoms with Crippen LogP contribution in [0.1, 0.15) is 43.1 Å². The second kappa shape index (κ2) is 12.5. The summed E-state index contributed by atoms with van der Waals surface area (Å²) in [5.41, 5.74) is 1.67. The lowest BCUT2D eigenvalue weighted by Gasteiger charge is -2.36. The summed E-state index contributed by atoms with van der Waals surface area (Å²) >= 11 is 0. The van der Waals surface area contributed by atoms with E-state index in [4.69, 9.17) is 4.74 Å². The molecule has 0 unspecified atom stereocenters. The molecule has 0 atom stereocenters. The Morgan fingerprint density at radius 1 is 0.971 bits per heavy atom. The molecule has 0 bridgehead atoms. The van der Waals surface area contributed by atoms with Crippen molar-refractivity contribution in [3.63, 3.8) is 0 Å². The van der Waals surface area contributed by atoms with Crippen LogP contribution in [0.2, 0.25) is 0 Å². The smallest absolute Gasteiger partial charge is 0.253 e. The number of methoxy groups -OCH3 is 1. The number of hydrogen-bond acceptors (Lipinski definition) is 4. The summed E-state index contributed by atoms with van der Waals surface area (Å²) in [7, 11) is 1.67. The predicted octanol–water partition coefficient (Wildman–Crippen LogP) is 4.43. The van der Waals surface area contributed by atoms with Gasteiger partial charge in [0.25, 0.3) is 5.91 Å². The van der Waals surface area contributed by atoms with Gasteiger partial charge in [0.1, 0.15) is 5.75 Å². The van der Waals surface area contributed by atoms with Crippen molar-refractivity contribution in [3.8, 4) is 5.75 Å². The van der Waals surface area contributed by atoms with Gasteiger partial charge in [0.2, 0.25) is 5.91 Å². The van der Waals surface area contributed by atoms with E-state index >= 15 is 0 Å². The van der Waals surface area contributed by atoms with E-state index < -0.39 is 0 Å². The molecule has 1 heterocycles.